The summed E-state index contributed by atoms with van der Waals surface area (Å²) in [5.41, 5.74) is 7.81. The number of hydrogen-bond donors (Lipinski definition) is 2. The van der Waals surface area contributed by atoms with E-state index in [0.29, 0.717) is 10.6 Å². The van der Waals surface area contributed by atoms with Crippen LogP contribution in [0.1, 0.15) is 45.3 Å². The van der Waals surface area contributed by atoms with Gasteiger partial charge in [0.2, 0.25) is 5.91 Å². The summed E-state index contributed by atoms with van der Waals surface area (Å²) in [7, 11) is 0. The Morgan fingerprint density at radius 2 is 1.64 bits per heavy atom. The SMILES string of the molecule is Cc1cc(/C=N\NC(=O)C[C@@H](NC(=O)c2ccccc2)c2ccccc2)c(C)n1-c1cccc(Cl)c1. The molecule has 4 rings (SSSR count). The average Bonchev–Trinajstić information content (AvgIpc) is 3.17. The molecule has 0 bridgehead atoms. The number of benzene rings is 3. The van der Waals surface area contributed by atoms with E-state index in [4.69, 9.17) is 11.6 Å². The van der Waals surface area contributed by atoms with Crippen molar-refractivity contribution in [2.24, 2.45) is 5.10 Å². The van der Waals surface area contributed by atoms with Gasteiger partial charge in [0.15, 0.2) is 0 Å². The number of halogens is 1. The lowest BCUT2D eigenvalue weighted by Gasteiger charge is -2.18. The highest BCUT2D eigenvalue weighted by molar-refractivity contribution is 6.30. The fraction of sp³-hybridized carbons (Fsp3) is 0.138. The normalized spacial score (nSPS) is 11.9. The third-order valence-electron chi connectivity index (χ3n) is 5.86. The first-order valence-electron chi connectivity index (χ1n) is 11.6. The highest BCUT2D eigenvalue weighted by atomic mass is 35.5. The Balaban J connectivity index is 1.45. The van der Waals surface area contributed by atoms with Crippen LogP contribution in [0.25, 0.3) is 5.69 Å². The van der Waals surface area contributed by atoms with Gasteiger partial charge in [-0.2, -0.15) is 5.10 Å². The van der Waals surface area contributed by atoms with E-state index >= 15 is 0 Å². The number of carbonyl (C=O) groups excluding carboxylic acids is 2. The molecule has 2 amide bonds. The monoisotopic (exact) mass is 498 g/mol. The van der Waals surface area contributed by atoms with Crippen molar-refractivity contribution < 1.29 is 9.59 Å². The van der Waals surface area contributed by atoms with Crippen molar-refractivity contribution in [3.8, 4) is 5.69 Å². The summed E-state index contributed by atoms with van der Waals surface area (Å²) in [5, 5.41) is 7.80. The van der Waals surface area contributed by atoms with Gasteiger partial charge in [-0.3, -0.25) is 9.59 Å². The van der Waals surface area contributed by atoms with Crippen LogP contribution in [0, 0.1) is 13.8 Å². The molecule has 0 unspecified atom stereocenters. The van der Waals surface area contributed by atoms with Gasteiger partial charge in [0.1, 0.15) is 0 Å². The number of aromatic nitrogens is 1. The third kappa shape index (κ3) is 6.09. The lowest BCUT2D eigenvalue weighted by Crippen LogP contribution is -2.32. The maximum Gasteiger partial charge on any atom is 0.251 e. The van der Waals surface area contributed by atoms with Crippen molar-refractivity contribution in [3.63, 3.8) is 0 Å². The minimum atomic E-state index is -0.498. The van der Waals surface area contributed by atoms with Gasteiger partial charge in [0, 0.05) is 33.2 Å². The van der Waals surface area contributed by atoms with E-state index in [1.54, 1.807) is 30.5 Å². The van der Waals surface area contributed by atoms with Crippen LogP contribution in [-0.2, 0) is 4.79 Å². The van der Waals surface area contributed by atoms with Crippen LogP contribution in [-0.4, -0.2) is 22.6 Å². The number of hydrogen-bond acceptors (Lipinski definition) is 3. The van der Waals surface area contributed by atoms with Gasteiger partial charge in [0.25, 0.3) is 5.91 Å². The average molecular weight is 499 g/mol. The van der Waals surface area contributed by atoms with Gasteiger partial charge in [-0.1, -0.05) is 66.2 Å². The van der Waals surface area contributed by atoms with E-state index in [1.165, 1.54) is 0 Å². The molecule has 0 aliphatic carbocycles. The van der Waals surface area contributed by atoms with Crippen LogP contribution in [0.3, 0.4) is 0 Å². The lowest BCUT2D eigenvalue weighted by molar-refractivity contribution is -0.121. The fourth-order valence-corrected chi connectivity index (χ4v) is 4.29. The van der Waals surface area contributed by atoms with Gasteiger partial charge in [-0.15, -0.1) is 0 Å². The largest absolute Gasteiger partial charge is 0.345 e. The van der Waals surface area contributed by atoms with Crippen LogP contribution in [0.2, 0.25) is 5.02 Å². The fourth-order valence-electron chi connectivity index (χ4n) is 4.10. The molecular weight excluding hydrogens is 472 g/mol. The van der Waals surface area contributed by atoms with E-state index in [0.717, 1.165) is 28.2 Å². The Bertz CT molecular complexity index is 1380. The number of rotatable bonds is 8. The smallest absolute Gasteiger partial charge is 0.251 e. The van der Waals surface area contributed by atoms with Gasteiger partial charge in [-0.05, 0) is 55.8 Å². The molecule has 1 atom stereocenters. The first kappa shape index (κ1) is 24.9. The number of nitrogens with zero attached hydrogens (tertiary/aromatic N) is 2. The Morgan fingerprint density at radius 1 is 0.944 bits per heavy atom. The minimum Gasteiger partial charge on any atom is -0.345 e. The summed E-state index contributed by atoms with van der Waals surface area (Å²) in [6.45, 7) is 3.99. The summed E-state index contributed by atoms with van der Waals surface area (Å²) in [6.07, 6.45) is 1.67. The minimum absolute atomic E-state index is 0.0431. The molecule has 6 nitrogen and oxygen atoms in total. The van der Waals surface area contributed by atoms with Crippen LogP contribution in [0.5, 0.6) is 0 Å². The van der Waals surface area contributed by atoms with E-state index in [-0.39, 0.29) is 18.2 Å². The standard InChI is InChI=1S/C29H27ClN4O2/c1-20-16-24(21(2)34(20)26-15-9-14-25(30)17-26)19-31-33-28(35)18-27(22-10-5-3-6-11-22)32-29(36)23-12-7-4-8-13-23/h3-17,19,27H,18H2,1-2H3,(H,32,36)(H,33,35)/b31-19-/t27-/m1/s1. The molecule has 36 heavy (non-hydrogen) atoms. The molecule has 0 aliphatic rings. The third-order valence-corrected chi connectivity index (χ3v) is 6.10. The van der Waals surface area contributed by atoms with Crippen molar-refractivity contribution in [1.29, 1.82) is 0 Å². The van der Waals surface area contributed by atoms with Crippen molar-refractivity contribution >= 4 is 29.6 Å². The predicted octanol–water partition coefficient (Wildman–Crippen LogP) is 5.76. The maximum absolute atomic E-state index is 12.8. The Kier molecular flexibility index (Phi) is 7.98. The summed E-state index contributed by atoms with van der Waals surface area (Å²) < 4.78 is 2.08. The quantitative estimate of drug-likeness (QED) is 0.239. The van der Waals surface area contributed by atoms with E-state index < -0.39 is 6.04 Å². The molecule has 1 aromatic heterocycles. The second kappa shape index (κ2) is 11.5. The van der Waals surface area contributed by atoms with Crippen molar-refractivity contribution in [3.05, 3.63) is 124 Å². The first-order chi connectivity index (χ1) is 17.4. The molecule has 182 valence electrons. The number of hydrazone groups is 1. The zero-order valence-corrected chi connectivity index (χ0v) is 20.9. The van der Waals surface area contributed by atoms with Crippen molar-refractivity contribution in [2.75, 3.05) is 0 Å². The molecule has 3 aromatic carbocycles. The van der Waals surface area contributed by atoms with Gasteiger partial charge >= 0.3 is 0 Å². The Morgan fingerprint density at radius 3 is 2.33 bits per heavy atom. The predicted molar refractivity (Wildman–Crippen MR) is 144 cm³/mol. The van der Waals surface area contributed by atoms with Gasteiger partial charge in [-0.25, -0.2) is 5.43 Å². The van der Waals surface area contributed by atoms with Crippen molar-refractivity contribution in [1.82, 2.24) is 15.3 Å². The molecule has 0 spiro atoms. The summed E-state index contributed by atoms with van der Waals surface area (Å²) in [4.78, 5) is 25.5. The van der Waals surface area contributed by atoms with E-state index in [9.17, 15) is 9.59 Å². The second-order valence-corrected chi connectivity index (χ2v) is 8.88. The topological polar surface area (TPSA) is 75.5 Å². The van der Waals surface area contributed by atoms with Crippen LogP contribution in [0.4, 0.5) is 0 Å². The molecule has 0 saturated carbocycles. The summed E-state index contributed by atoms with van der Waals surface area (Å²) in [5.74, 6) is -0.550. The highest BCUT2D eigenvalue weighted by Gasteiger charge is 2.19. The molecule has 0 saturated heterocycles. The highest BCUT2D eigenvalue weighted by Crippen LogP contribution is 2.22. The van der Waals surface area contributed by atoms with Crippen LogP contribution >= 0.6 is 11.6 Å². The van der Waals surface area contributed by atoms with E-state index in [2.05, 4.69) is 20.4 Å². The molecule has 1 heterocycles. The molecule has 4 aromatic rings. The van der Waals surface area contributed by atoms with Crippen LogP contribution in [0.15, 0.2) is 96.1 Å². The van der Waals surface area contributed by atoms with Gasteiger partial charge in [0.05, 0.1) is 18.7 Å². The zero-order chi connectivity index (χ0) is 25.5. The number of amides is 2. The number of aryl methyl sites for hydroxylation is 1. The summed E-state index contributed by atoms with van der Waals surface area (Å²) >= 11 is 6.16. The molecular formula is C29H27ClN4O2. The molecule has 0 aliphatic heterocycles. The van der Waals surface area contributed by atoms with Gasteiger partial charge < -0.3 is 9.88 Å². The Labute approximate surface area is 215 Å². The van der Waals surface area contributed by atoms with Crippen LogP contribution < -0.4 is 10.7 Å². The zero-order valence-electron chi connectivity index (χ0n) is 20.1. The number of nitrogens with one attached hydrogen (secondary N) is 2. The molecule has 0 fully saturated rings. The van der Waals surface area contributed by atoms with E-state index in [1.807, 2.05) is 80.6 Å². The van der Waals surface area contributed by atoms with Crippen molar-refractivity contribution in [2.45, 2.75) is 26.3 Å². The molecule has 2 N–H and O–H groups in total. The molecule has 0 radical (unpaired) electrons. The second-order valence-electron chi connectivity index (χ2n) is 8.44. The Hall–Kier alpha value is -4.16. The number of carbonyl (C=O) groups is 2. The molecule has 7 heteroatoms. The lowest BCUT2D eigenvalue weighted by atomic mass is 10.0. The maximum atomic E-state index is 12.8. The first-order valence-corrected chi connectivity index (χ1v) is 12.0. The summed E-state index contributed by atoms with van der Waals surface area (Å²) in [6, 6.07) is 27.5.